The highest BCUT2D eigenvalue weighted by molar-refractivity contribution is 5.71. The first-order valence-electron chi connectivity index (χ1n) is 27.8. The number of carbonyl (C=O) groups excluding carboxylic acids is 13. The topological polar surface area (TPSA) is 428 Å². The van der Waals surface area contributed by atoms with E-state index < -0.39 is 214 Å². The van der Waals surface area contributed by atoms with Gasteiger partial charge in [0.2, 0.25) is 0 Å². The number of rotatable bonds is 27. The molecule has 0 N–H and O–H groups in total. The van der Waals surface area contributed by atoms with Crippen molar-refractivity contribution < 1.29 is 152 Å². The van der Waals surface area contributed by atoms with Gasteiger partial charge in [-0.2, -0.15) is 9.90 Å². The number of benzene rings is 1. The summed E-state index contributed by atoms with van der Waals surface area (Å²) in [6, 6.07) is 8.30. The highest BCUT2D eigenvalue weighted by atomic mass is 16.8. The van der Waals surface area contributed by atoms with Gasteiger partial charge in [0.05, 0.1) is 11.9 Å². The predicted molar refractivity (Wildman–Crippen MR) is 287 cm³/mol. The molecule has 2 aromatic rings. The van der Waals surface area contributed by atoms with Gasteiger partial charge in [0, 0.05) is 90.0 Å². The van der Waals surface area contributed by atoms with Gasteiger partial charge in [-0.15, -0.1) is 5.10 Å². The maximum Gasteiger partial charge on any atom is 0.303 e. The highest BCUT2D eigenvalue weighted by Crippen LogP contribution is 2.40. The summed E-state index contributed by atoms with van der Waals surface area (Å²) >= 11 is 0. The SMILES string of the molecule is CC(=O)OCC(OC(C)=O)C(OC1OC(COC(C)=O)C(OC2OC(COC(C)=O)C(OC3OC(COC(C)=O)C(OC(C)=O)C(OC(C)=O)C3OC(C)=O)C(OC(C)=O)C2OC(C)=O)C(OC(C)=O)C1OC(C)=O)C(OC(C)=O)c1cnn(-c2ccccc2)n1. The zero-order valence-electron chi connectivity index (χ0n) is 51.6. The first-order valence-corrected chi connectivity index (χ1v) is 27.8. The fraction of sp³-hybridized carbons (Fsp3) is 0.625. The zero-order valence-corrected chi connectivity index (χ0v) is 51.6. The van der Waals surface area contributed by atoms with E-state index in [9.17, 15) is 62.3 Å². The molecule has 3 fully saturated rings. The van der Waals surface area contributed by atoms with Crippen molar-refractivity contribution in [1.29, 1.82) is 0 Å². The highest BCUT2D eigenvalue weighted by Gasteiger charge is 2.61. The van der Waals surface area contributed by atoms with E-state index in [-0.39, 0.29) is 5.69 Å². The minimum absolute atomic E-state index is 0.203. The van der Waals surface area contributed by atoms with E-state index in [0.717, 1.165) is 101 Å². The van der Waals surface area contributed by atoms with Crippen LogP contribution in [0.25, 0.3) is 5.69 Å². The molecule has 91 heavy (non-hydrogen) atoms. The Morgan fingerprint density at radius 2 is 0.758 bits per heavy atom. The van der Waals surface area contributed by atoms with E-state index in [4.69, 9.17) is 90.0 Å². The van der Waals surface area contributed by atoms with Crippen LogP contribution in [0.2, 0.25) is 0 Å². The van der Waals surface area contributed by atoms with E-state index in [0.29, 0.717) is 5.69 Å². The predicted octanol–water partition coefficient (Wildman–Crippen LogP) is -0.0922. The summed E-state index contributed by atoms with van der Waals surface area (Å²) in [5.74, 6) is -13.4. The molecule has 18 unspecified atom stereocenters. The fourth-order valence-corrected chi connectivity index (χ4v) is 9.55. The molecule has 0 spiro atoms. The van der Waals surface area contributed by atoms with Crippen LogP contribution in [0, 0.1) is 0 Å². The maximum absolute atomic E-state index is 13.4. The van der Waals surface area contributed by atoms with Crippen molar-refractivity contribution in [3.63, 3.8) is 0 Å². The van der Waals surface area contributed by atoms with Crippen LogP contribution >= 0.6 is 0 Å². The van der Waals surface area contributed by atoms with Crippen molar-refractivity contribution >= 4 is 77.6 Å². The molecule has 0 bridgehead atoms. The second-order valence-electron chi connectivity index (χ2n) is 20.2. The minimum atomic E-state index is -2.23. The summed E-state index contributed by atoms with van der Waals surface area (Å²) in [5.41, 5.74) is 0.199. The summed E-state index contributed by atoms with van der Waals surface area (Å²) in [5, 5.41) is 8.76. The third-order valence-corrected chi connectivity index (χ3v) is 12.6. The number of aromatic nitrogens is 3. The van der Waals surface area contributed by atoms with Gasteiger partial charge in [-0.3, -0.25) is 62.3 Å². The normalized spacial score (nSPS) is 27.0. The third-order valence-electron chi connectivity index (χ3n) is 12.6. The number of nitrogens with zero attached hydrogens (tertiary/aromatic N) is 3. The molecule has 3 saturated heterocycles. The Morgan fingerprint density at radius 3 is 1.14 bits per heavy atom. The third kappa shape index (κ3) is 22.0. The van der Waals surface area contributed by atoms with Crippen molar-refractivity contribution in [2.75, 3.05) is 26.4 Å². The molecule has 18 atom stereocenters. The van der Waals surface area contributed by atoms with Crippen LogP contribution in [0.1, 0.15) is 102 Å². The van der Waals surface area contributed by atoms with E-state index in [1.165, 1.54) is 0 Å². The van der Waals surface area contributed by atoms with E-state index in [2.05, 4.69) is 10.2 Å². The Labute approximate surface area is 518 Å². The van der Waals surface area contributed by atoms with Gasteiger partial charge in [-0.25, -0.2) is 0 Å². The van der Waals surface area contributed by atoms with Gasteiger partial charge in [-0.05, 0) is 12.1 Å². The number of ether oxygens (including phenoxy) is 19. The van der Waals surface area contributed by atoms with Crippen molar-refractivity contribution in [1.82, 2.24) is 15.0 Å². The van der Waals surface area contributed by atoms with Crippen LogP contribution in [0.5, 0.6) is 0 Å². The monoisotopic (exact) mass is 1300 g/mol. The molecule has 4 heterocycles. The molecular formula is C56H71N3O32. The van der Waals surface area contributed by atoms with E-state index in [1.807, 2.05) is 0 Å². The molecule has 0 saturated carbocycles. The number of hydrogen-bond donors (Lipinski definition) is 0. The number of esters is 13. The Bertz CT molecular complexity index is 2940. The lowest BCUT2D eigenvalue weighted by Gasteiger charge is -2.50. The zero-order chi connectivity index (χ0) is 67.6. The Hall–Kier alpha value is -8.77. The van der Waals surface area contributed by atoms with E-state index >= 15 is 0 Å². The Kier molecular flexibility index (Phi) is 27.2. The second-order valence-corrected chi connectivity index (χ2v) is 20.2. The largest absolute Gasteiger partial charge is 0.463 e. The summed E-state index contributed by atoms with van der Waals surface area (Å²) < 4.78 is 111. The average Bonchev–Trinajstić information content (AvgIpc) is 0.969. The van der Waals surface area contributed by atoms with Crippen LogP contribution in [0.15, 0.2) is 36.5 Å². The minimum Gasteiger partial charge on any atom is -0.463 e. The number of hydrogen-bond acceptors (Lipinski definition) is 34. The van der Waals surface area contributed by atoms with Gasteiger partial charge in [0.25, 0.3) is 0 Å². The van der Waals surface area contributed by atoms with Crippen molar-refractivity contribution in [2.45, 2.75) is 200 Å². The van der Waals surface area contributed by atoms with Gasteiger partial charge in [0.1, 0.15) is 68.7 Å². The molecule has 1 aromatic heterocycles. The van der Waals surface area contributed by atoms with Gasteiger partial charge in [0.15, 0.2) is 73.8 Å². The molecule has 502 valence electrons. The summed E-state index contributed by atoms with van der Waals surface area (Å²) in [4.78, 5) is 169. The van der Waals surface area contributed by atoms with Crippen molar-refractivity contribution in [3.8, 4) is 5.69 Å². The van der Waals surface area contributed by atoms with Crippen molar-refractivity contribution in [3.05, 3.63) is 42.2 Å². The van der Waals surface area contributed by atoms with Crippen LogP contribution in [-0.4, -0.2) is 223 Å². The second kappa shape index (κ2) is 33.9. The van der Waals surface area contributed by atoms with Crippen LogP contribution in [-0.2, 0) is 152 Å². The first kappa shape index (κ1) is 73.0. The van der Waals surface area contributed by atoms with Gasteiger partial charge in [-0.1, -0.05) is 18.2 Å². The van der Waals surface area contributed by atoms with Crippen molar-refractivity contribution in [2.24, 2.45) is 0 Å². The lowest BCUT2D eigenvalue weighted by molar-refractivity contribution is -0.383. The molecule has 0 amide bonds. The summed E-state index contributed by atoms with van der Waals surface area (Å²) in [7, 11) is 0. The average molecular weight is 1300 g/mol. The maximum atomic E-state index is 13.4. The molecule has 35 heteroatoms. The van der Waals surface area contributed by atoms with Crippen LogP contribution in [0.4, 0.5) is 0 Å². The first-order chi connectivity index (χ1) is 42.8. The van der Waals surface area contributed by atoms with Gasteiger partial charge < -0.3 is 90.0 Å². The molecule has 3 aliphatic heterocycles. The summed E-state index contributed by atoms with van der Waals surface area (Å²) in [6.07, 6.45) is -34.3. The number of carbonyl (C=O) groups is 13. The molecule has 1 aromatic carbocycles. The standard InChI is InChI=1S/C56H71N3O32/c1-24(60)73-20-39(77-28(5)64)44(43(78-29(6)65)38-19-57-59(58-38)37-17-15-14-16-18-37)89-54-52(84-35(12)71)49(81-32(9)68)46(41(87-54)22-75-26(3)62)91-56-53(85-36(13)72)50(82-33(10)69)47(42(88-56)23-76-27(4)63)90-55-51(83-34(11)70)48(80-31(8)67)45(79-30(7)66)40(86-55)21-74-25(2)61/h14-19,39-56H,20-23H2,1-13H3. The molecule has 35 nitrogen and oxygen atoms in total. The molecule has 0 radical (unpaired) electrons. The summed E-state index contributed by atoms with van der Waals surface area (Å²) in [6.45, 7) is 9.01. The number of para-hydroxylation sites is 1. The van der Waals surface area contributed by atoms with E-state index in [1.54, 1.807) is 30.3 Å². The lowest BCUT2D eigenvalue weighted by atomic mass is 9.95. The van der Waals surface area contributed by atoms with Gasteiger partial charge >= 0.3 is 77.6 Å². The van der Waals surface area contributed by atoms with Crippen LogP contribution < -0.4 is 0 Å². The van der Waals surface area contributed by atoms with Crippen LogP contribution in [0.3, 0.4) is 0 Å². The lowest BCUT2D eigenvalue weighted by Crippen LogP contribution is -2.69. The Morgan fingerprint density at radius 1 is 0.407 bits per heavy atom. The Balaban J connectivity index is 1.73. The molecular weight excluding hydrogens is 1230 g/mol. The molecule has 5 rings (SSSR count). The smallest absolute Gasteiger partial charge is 0.303 e. The fourth-order valence-electron chi connectivity index (χ4n) is 9.55. The molecule has 3 aliphatic rings. The quantitative estimate of drug-likeness (QED) is 0.0833. The molecule has 0 aliphatic carbocycles.